The lowest BCUT2D eigenvalue weighted by atomic mass is 10.1. The Morgan fingerprint density at radius 3 is 2.70 bits per heavy atom. The minimum Gasteiger partial charge on any atom is -0.480 e. The number of β-amino-alcohol motifs (C(OH)–C–C–N with tert-alkyl or cyclic N) is 1. The minimum absolute atomic E-state index is 0.0589. The lowest BCUT2D eigenvalue weighted by Gasteiger charge is -2.35. The summed E-state index contributed by atoms with van der Waals surface area (Å²) in [6.07, 6.45) is 13.6. The largest absolute Gasteiger partial charge is 0.480 e. The highest BCUT2D eigenvalue weighted by molar-refractivity contribution is 5.84. The molecule has 0 aromatic carbocycles. The van der Waals surface area contributed by atoms with E-state index in [-0.39, 0.29) is 5.92 Å². The number of nitrogens with one attached hydrogen (secondary N) is 1. The van der Waals surface area contributed by atoms with Crippen LogP contribution in [-0.4, -0.2) is 52.0 Å². The molecule has 1 saturated heterocycles. The van der Waals surface area contributed by atoms with Gasteiger partial charge in [0.15, 0.2) is 0 Å². The lowest BCUT2D eigenvalue weighted by molar-refractivity contribution is -0.142. The fourth-order valence-corrected chi connectivity index (χ4v) is 4.14. The van der Waals surface area contributed by atoms with Gasteiger partial charge in [-0.15, -0.1) is 0 Å². The SMILES string of the molecule is O=C(O)C12CC1/C=C/CCCCCCCN1CCCC1(O)CN2. The molecular weight excluding hydrogens is 292 g/mol. The molecule has 130 valence electrons. The van der Waals surface area contributed by atoms with Crippen LogP contribution in [0.1, 0.15) is 57.8 Å². The third kappa shape index (κ3) is 3.62. The Bertz CT molecular complexity index is 467. The zero-order valence-corrected chi connectivity index (χ0v) is 14.0. The van der Waals surface area contributed by atoms with Crippen molar-refractivity contribution in [1.29, 1.82) is 0 Å². The van der Waals surface area contributed by atoms with Crippen molar-refractivity contribution in [2.24, 2.45) is 5.92 Å². The lowest BCUT2D eigenvalue weighted by Crippen LogP contribution is -2.55. The van der Waals surface area contributed by atoms with Crippen LogP contribution in [0.4, 0.5) is 0 Å². The maximum Gasteiger partial charge on any atom is 0.324 e. The Balaban J connectivity index is 1.70. The van der Waals surface area contributed by atoms with E-state index < -0.39 is 17.2 Å². The number of carboxylic acid groups (broad SMARTS) is 1. The molecule has 0 spiro atoms. The molecule has 0 radical (unpaired) electrons. The summed E-state index contributed by atoms with van der Waals surface area (Å²) in [6.45, 7) is 2.19. The van der Waals surface area contributed by atoms with Gasteiger partial charge in [0.2, 0.25) is 0 Å². The second-order valence-electron chi connectivity index (χ2n) is 7.50. The van der Waals surface area contributed by atoms with Crippen molar-refractivity contribution in [2.75, 3.05) is 19.6 Å². The summed E-state index contributed by atoms with van der Waals surface area (Å²) in [5.41, 5.74) is -1.74. The molecular formula is C18H30N2O3. The number of rotatable bonds is 1. The molecule has 3 rings (SSSR count). The molecule has 2 aliphatic heterocycles. The van der Waals surface area contributed by atoms with Crippen LogP contribution in [0.15, 0.2) is 12.2 Å². The topological polar surface area (TPSA) is 72.8 Å². The Morgan fingerprint density at radius 2 is 1.87 bits per heavy atom. The molecule has 0 amide bonds. The van der Waals surface area contributed by atoms with Gasteiger partial charge >= 0.3 is 5.97 Å². The predicted molar refractivity (Wildman–Crippen MR) is 89.1 cm³/mol. The monoisotopic (exact) mass is 322 g/mol. The first-order valence-corrected chi connectivity index (χ1v) is 9.19. The van der Waals surface area contributed by atoms with Gasteiger partial charge in [-0.3, -0.25) is 15.0 Å². The van der Waals surface area contributed by atoms with Crippen molar-refractivity contribution in [1.82, 2.24) is 10.2 Å². The Hall–Kier alpha value is -0.910. The molecule has 0 aromatic rings. The van der Waals surface area contributed by atoms with E-state index in [9.17, 15) is 15.0 Å². The number of carboxylic acids is 1. The maximum absolute atomic E-state index is 11.7. The average Bonchev–Trinajstić information content (AvgIpc) is 3.12. The maximum atomic E-state index is 11.7. The van der Waals surface area contributed by atoms with E-state index >= 15 is 0 Å². The molecule has 3 unspecified atom stereocenters. The molecule has 5 nitrogen and oxygen atoms in total. The van der Waals surface area contributed by atoms with Crippen LogP contribution in [0.2, 0.25) is 0 Å². The molecule has 0 aromatic heterocycles. The summed E-state index contributed by atoms with van der Waals surface area (Å²) >= 11 is 0. The molecule has 5 heteroatoms. The number of fused-ring (bicyclic) bond motifs is 2. The van der Waals surface area contributed by atoms with Gasteiger partial charge in [-0.05, 0) is 38.5 Å². The van der Waals surface area contributed by atoms with E-state index in [0.29, 0.717) is 13.0 Å². The summed E-state index contributed by atoms with van der Waals surface area (Å²) in [7, 11) is 0. The number of hydrogen-bond donors (Lipinski definition) is 3. The molecule has 3 N–H and O–H groups in total. The molecule has 1 saturated carbocycles. The van der Waals surface area contributed by atoms with Gasteiger partial charge < -0.3 is 10.2 Å². The third-order valence-corrected chi connectivity index (χ3v) is 5.84. The second kappa shape index (κ2) is 6.91. The fraction of sp³-hybridized carbons (Fsp3) is 0.833. The minimum atomic E-state index is -0.876. The fourth-order valence-electron chi connectivity index (χ4n) is 4.14. The Labute approximate surface area is 138 Å². The molecule has 2 heterocycles. The summed E-state index contributed by atoms with van der Waals surface area (Å²) in [5.74, 6) is -0.729. The number of carbonyl (C=O) groups is 1. The van der Waals surface area contributed by atoms with Crippen molar-refractivity contribution < 1.29 is 15.0 Å². The second-order valence-corrected chi connectivity index (χ2v) is 7.50. The van der Waals surface area contributed by atoms with E-state index in [1.54, 1.807) is 0 Å². The van der Waals surface area contributed by atoms with Gasteiger partial charge in [0.25, 0.3) is 0 Å². The quantitative estimate of drug-likeness (QED) is 0.645. The van der Waals surface area contributed by atoms with E-state index in [0.717, 1.165) is 38.8 Å². The van der Waals surface area contributed by atoms with Crippen LogP contribution >= 0.6 is 0 Å². The van der Waals surface area contributed by atoms with Crippen LogP contribution < -0.4 is 5.32 Å². The van der Waals surface area contributed by atoms with Crippen LogP contribution in [0.5, 0.6) is 0 Å². The van der Waals surface area contributed by atoms with Crippen LogP contribution in [0.25, 0.3) is 0 Å². The van der Waals surface area contributed by atoms with Crippen LogP contribution in [-0.2, 0) is 4.79 Å². The van der Waals surface area contributed by atoms with Gasteiger partial charge in [-0.1, -0.05) is 31.4 Å². The predicted octanol–water partition coefficient (Wildman–Crippen LogP) is 2.11. The van der Waals surface area contributed by atoms with E-state index in [2.05, 4.69) is 22.4 Å². The smallest absolute Gasteiger partial charge is 0.324 e. The molecule has 3 atom stereocenters. The highest BCUT2D eigenvalue weighted by Crippen LogP contribution is 2.45. The molecule has 3 aliphatic rings. The molecule has 1 aliphatic carbocycles. The Kier molecular flexibility index (Phi) is 5.09. The van der Waals surface area contributed by atoms with Gasteiger partial charge in [-0.25, -0.2) is 0 Å². The number of aliphatic carboxylic acids is 1. The van der Waals surface area contributed by atoms with Crippen LogP contribution in [0, 0.1) is 5.92 Å². The van der Waals surface area contributed by atoms with E-state index in [4.69, 9.17) is 0 Å². The standard InChI is InChI=1S/C18H30N2O3/c21-16(22)18-13-15(18)9-6-4-2-1-3-5-7-11-20-12-8-10-17(20,23)14-19-18/h6,9,15,19,23H,1-5,7-8,10-14H2,(H,21,22)/b9-6+. The number of allylic oxidation sites excluding steroid dienone is 1. The average molecular weight is 322 g/mol. The summed E-state index contributed by atoms with van der Waals surface area (Å²) < 4.78 is 0. The van der Waals surface area contributed by atoms with Gasteiger partial charge in [0.05, 0.1) is 0 Å². The zero-order valence-electron chi connectivity index (χ0n) is 14.0. The first-order chi connectivity index (χ1) is 11.1. The van der Waals surface area contributed by atoms with Gasteiger partial charge in [-0.2, -0.15) is 0 Å². The first kappa shape index (κ1) is 16.9. The van der Waals surface area contributed by atoms with Crippen molar-refractivity contribution in [3.8, 4) is 0 Å². The van der Waals surface area contributed by atoms with E-state index in [1.807, 2.05) is 0 Å². The summed E-state index contributed by atoms with van der Waals surface area (Å²) in [5, 5.41) is 23.8. The third-order valence-electron chi connectivity index (χ3n) is 5.84. The number of nitrogens with zero attached hydrogens (tertiary/aromatic N) is 1. The van der Waals surface area contributed by atoms with Gasteiger partial charge in [0.1, 0.15) is 11.3 Å². The molecule has 2 fully saturated rings. The normalized spacial score (nSPS) is 41.2. The van der Waals surface area contributed by atoms with Crippen molar-refractivity contribution in [3.63, 3.8) is 0 Å². The van der Waals surface area contributed by atoms with Crippen molar-refractivity contribution in [2.45, 2.75) is 69.1 Å². The van der Waals surface area contributed by atoms with Crippen molar-refractivity contribution in [3.05, 3.63) is 12.2 Å². The van der Waals surface area contributed by atoms with Gasteiger partial charge in [0, 0.05) is 25.6 Å². The first-order valence-electron chi connectivity index (χ1n) is 9.19. The molecule has 23 heavy (non-hydrogen) atoms. The Morgan fingerprint density at radius 1 is 1.13 bits per heavy atom. The highest BCUT2D eigenvalue weighted by atomic mass is 16.4. The zero-order chi connectivity index (χ0) is 16.3. The number of aliphatic hydroxyl groups is 1. The summed E-state index contributed by atoms with van der Waals surface area (Å²) in [4.78, 5) is 13.9. The van der Waals surface area contributed by atoms with Crippen LogP contribution in [0.3, 0.4) is 0 Å². The highest BCUT2D eigenvalue weighted by Gasteiger charge is 2.60. The molecule has 0 bridgehead atoms. The van der Waals surface area contributed by atoms with E-state index in [1.165, 1.54) is 25.7 Å². The number of hydrogen-bond acceptors (Lipinski definition) is 4. The summed E-state index contributed by atoms with van der Waals surface area (Å²) in [6, 6.07) is 0. The van der Waals surface area contributed by atoms with Crippen molar-refractivity contribution >= 4 is 5.97 Å².